The first-order valence-corrected chi connectivity index (χ1v) is 10.4. The third kappa shape index (κ3) is 4.01. The summed E-state index contributed by atoms with van der Waals surface area (Å²) in [6.45, 7) is 0.570. The summed E-state index contributed by atoms with van der Waals surface area (Å²) in [5.74, 6) is 1.92. The molecule has 0 fully saturated rings. The smallest absolute Gasteiger partial charge is 0.276 e. The molecule has 0 radical (unpaired) electrons. The largest absolute Gasteiger partial charge is 0.496 e. The summed E-state index contributed by atoms with van der Waals surface area (Å²) >= 11 is 13.7. The van der Waals surface area contributed by atoms with Gasteiger partial charge in [0, 0.05) is 16.8 Å². The van der Waals surface area contributed by atoms with Crippen LogP contribution in [-0.2, 0) is 6.61 Å². The molecule has 1 aliphatic heterocycles. The van der Waals surface area contributed by atoms with Gasteiger partial charge in [0.1, 0.15) is 18.1 Å². The Morgan fingerprint density at radius 1 is 1.17 bits per heavy atom. The molecule has 1 amide bonds. The zero-order chi connectivity index (χ0) is 20.4. The Balaban J connectivity index is 1.63. The first-order chi connectivity index (χ1) is 14.1. The van der Waals surface area contributed by atoms with E-state index in [0.717, 1.165) is 0 Å². The summed E-state index contributed by atoms with van der Waals surface area (Å²) in [7, 11) is 1.54. The lowest BCUT2D eigenvalue weighted by atomic mass is 10.2. The van der Waals surface area contributed by atoms with Crippen LogP contribution in [0.2, 0.25) is 10.0 Å². The van der Waals surface area contributed by atoms with E-state index in [9.17, 15) is 4.79 Å². The summed E-state index contributed by atoms with van der Waals surface area (Å²) in [5.41, 5.74) is 0.464. The predicted octanol–water partition coefficient (Wildman–Crippen LogP) is 4.06. The van der Waals surface area contributed by atoms with Crippen molar-refractivity contribution in [1.29, 1.82) is 0 Å². The van der Waals surface area contributed by atoms with E-state index < -0.39 is 0 Å². The molecule has 10 heteroatoms. The van der Waals surface area contributed by atoms with Crippen molar-refractivity contribution in [2.75, 3.05) is 24.4 Å². The minimum Gasteiger partial charge on any atom is -0.496 e. The number of carbonyl (C=O) groups is 1. The SMILES string of the molecule is COc1ccccc1C(=O)N1CCSc2nnc(COc3cc(Cl)ccc3Cl)n21. The van der Waals surface area contributed by atoms with Crippen LogP contribution < -0.4 is 14.5 Å². The van der Waals surface area contributed by atoms with E-state index in [0.29, 0.717) is 50.4 Å². The maximum atomic E-state index is 13.2. The quantitative estimate of drug-likeness (QED) is 0.583. The molecule has 0 saturated carbocycles. The molecule has 0 N–H and O–H groups in total. The summed E-state index contributed by atoms with van der Waals surface area (Å²) < 4.78 is 12.8. The Hall–Kier alpha value is -2.42. The number of thioether (sulfide) groups is 1. The lowest BCUT2D eigenvalue weighted by Gasteiger charge is -2.29. The number of amides is 1. The highest BCUT2D eigenvalue weighted by Crippen LogP contribution is 2.30. The summed E-state index contributed by atoms with van der Waals surface area (Å²) in [5, 5.41) is 11.6. The normalized spacial score (nSPS) is 13.1. The van der Waals surface area contributed by atoms with Crippen molar-refractivity contribution in [3.8, 4) is 11.5 Å². The minimum atomic E-state index is -0.203. The van der Waals surface area contributed by atoms with Crippen LogP contribution in [0.15, 0.2) is 47.6 Å². The highest BCUT2D eigenvalue weighted by molar-refractivity contribution is 7.99. The van der Waals surface area contributed by atoms with Crippen LogP contribution in [0.3, 0.4) is 0 Å². The molecule has 7 nitrogen and oxygen atoms in total. The number of ether oxygens (including phenoxy) is 2. The molecule has 150 valence electrons. The highest BCUT2D eigenvalue weighted by atomic mass is 35.5. The molecule has 2 aromatic carbocycles. The second-order valence-corrected chi connectivity index (χ2v) is 7.96. The average Bonchev–Trinajstić information content (AvgIpc) is 3.17. The van der Waals surface area contributed by atoms with Crippen LogP contribution in [0.1, 0.15) is 16.2 Å². The molecule has 0 bridgehead atoms. The maximum Gasteiger partial charge on any atom is 0.276 e. The van der Waals surface area contributed by atoms with E-state index in [1.54, 1.807) is 46.1 Å². The highest BCUT2D eigenvalue weighted by Gasteiger charge is 2.29. The third-order valence-electron chi connectivity index (χ3n) is 4.27. The summed E-state index contributed by atoms with van der Waals surface area (Å²) in [6, 6.07) is 12.1. The number of carbonyl (C=O) groups excluding carboxylic acids is 1. The number of methoxy groups -OCH3 is 1. The fraction of sp³-hybridized carbons (Fsp3) is 0.211. The molecule has 4 rings (SSSR count). The second-order valence-electron chi connectivity index (χ2n) is 6.05. The number of para-hydroxylation sites is 1. The second kappa shape index (κ2) is 8.52. The van der Waals surface area contributed by atoms with Gasteiger partial charge in [-0.3, -0.25) is 4.79 Å². The van der Waals surface area contributed by atoms with Gasteiger partial charge in [0.2, 0.25) is 5.16 Å². The van der Waals surface area contributed by atoms with Gasteiger partial charge in [0.05, 0.1) is 24.2 Å². The van der Waals surface area contributed by atoms with Crippen LogP contribution in [0.4, 0.5) is 0 Å². The van der Waals surface area contributed by atoms with Gasteiger partial charge >= 0.3 is 0 Å². The summed E-state index contributed by atoms with van der Waals surface area (Å²) in [4.78, 5) is 13.2. The fourth-order valence-electron chi connectivity index (χ4n) is 2.92. The van der Waals surface area contributed by atoms with Crippen molar-refractivity contribution in [1.82, 2.24) is 14.9 Å². The van der Waals surface area contributed by atoms with Gasteiger partial charge < -0.3 is 9.47 Å². The van der Waals surface area contributed by atoms with Gasteiger partial charge in [-0.15, -0.1) is 10.2 Å². The molecular formula is C19H16Cl2N4O3S. The molecule has 0 spiro atoms. The van der Waals surface area contributed by atoms with Crippen molar-refractivity contribution in [2.45, 2.75) is 11.8 Å². The Morgan fingerprint density at radius 2 is 2.00 bits per heavy atom. The van der Waals surface area contributed by atoms with Crippen LogP contribution in [0.5, 0.6) is 11.5 Å². The Labute approximate surface area is 181 Å². The van der Waals surface area contributed by atoms with Crippen molar-refractivity contribution >= 4 is 40.9 Å². The van der Waals surface area contributed by atoms with Gasteiger partial charge in [-0.05, 0) is 24.3 Å². The Morgan fingerprint density at radius 3 is 2.83 bits per heavy atom. The van der Waals surface area contributed by atoms with E-state index in [1.807, 2.05) is 6.07 Å². The number of rotatable bonds is 5. The molecule has 0 saturated heterocycles. The molecule has 0 unspecified atom stereocenters. The van der Waals surface area contributed by atoms with Crippen molar-refractivity contribution in [3.63, 3.8) is 0 Å². The van der Waals surface area contributed by atoms with Crippen molar-refractivity contribution in [2.24, 2.45) is 0 Å². The van der Waals surface area contributed by atoms with Crippen LogP contribution in [0, 0.1) is 0 Å². The molecule has 3 aromatic rings. The topological polar surface area (TPSA) is 69.5 Å². The van der Waals surface area contributed by atoms with E-state index in [4.69, 9.17) is 32.7 Å². The number of halogens is 2. The molecule has 0 aliphatic carbocycles. The fourth-order valence-corrected chi connectivity index (χ4v) is 4.13. The van der Waals surface area contributed by atoms with E-state index >= 15 is 0 Å². The zero-order valence-corrected chi connectivity index (χ0v) is 17.7. The van der Waals surface area contributed by atoms with E-state index in [2.05, 4.69) is 10.2 Å². The van der Waals surface area contributed by atoms with Gasteiger partial charge in [0.15, 0.2) is 5.82 Å². The first-order valence-electron chi connectivity index (χ1n) is 8.68. The predicted molar refractivity (Wildman–Crippen MR) is 112 cm³/mol. The van der Waals surface area contributed by atoms with Crippen molar-refractivity contribution < 1.29 is 14.3 Å². The number of benzene rings is 2. The monoisotopic (exact) mass is 450 g/mol. The standard InChI is InChI=1S/C19H16Cl2N4O3S/c1-27-15-5-3-2-4-13(15)18(26)24-8-9-29-19-23-22-17(25(19)24)11-28-16-10-12(20)6-7-14(16)21/h2-7,10H,8-9,11H2,1H3. The van der Waals surface area contributed by atoms with Crippen LogP contribution in [-0.4, -0.2) is 40.2 Å². The maximum absolute atomic E-state index is 13.2. The number of aromatic nitrogens is 3. The van der Waals surface area contributed by atoms with E-state index in [1.165, 1.54) is 18.9 Å². The molecule has 0 atom stereocenters. The lowest BCUT2D eigenvalue weighted by Crippen LogP contribution is -2.45. The molecule has 1 aromatic heterocycles. The Bertz CT molecular complexity index is 1060. The molecule has 2 heterocycles. The summed E-state index contributed by atoms with van der Waals surface area (Å²) in [6.07, 6.45) is 0. The molecule has 29 heavy (non-hydrogen) atoms. The minimum absolute atomic E-state index is 0.0727. The number of fused-ring (bicyclic) bond motifs is 1. The van der Waals surface area contributed by atoms with Crippen LogP contribution >= 0.6 is 35.0 Å². The van der Waals surface area contributed by atoms with Crippen molar-refractivity contribution in [3.05, 3.63) is 63.9 Å². The first kappa shape index (κ1) is 19.9. The van der Waals surface area contributed by atoms with E-state index in [-0.39, 0.29) is 12.5 Å². The van der Waals surface area contributed by atoms with Gasteiger partial charge in [0.25, 0.3) is 5.91 Å². The number of hydrogen-bond acceptors (Lipinski definition) is 6. The zero-order valence-electron chi connectivity index (χ0n) is 15.3. The third-order valence-corrected chi connectivity index (χ3v) is 5.72. The Kier molecular flexibility index (Phi) is 5.84. The number of nitrogens with zero attached hydrogens (tertiary/aromatic N) is 4. The average molecular weight is 451 g/mol. The van der Waals surface area contributed by atoms with Gasteiger partial charge in [-0.2, -0.15) is 0 Å². The molecular weight excluding hydrogens is 435 g/mol. The molecule has 1 aliphatic rings. The number of hydrogen-bond donors (Lipinski definition) is 0. The lowest BCUT2D eigenvalue weighted by molar-refractivity contribution is 0.0949. The van der Waals surface area contributed by atoms with Crippen LogP contribution in [0.25, 0.3) is 0 Å². The van der Waals surface area contributed by atoms with Gasteiger partial charge in [-0.25, -0.2) is 9.69 Å². The van der Waals surface area contributed by atoms with Gasteiger partial charge in [-0.1, -0.05) is 47.1 Å².